The van der Waals surface area contributed by atoms with Crippen molar-refractivity contribution in [2.24, 2.45) is 5.10 Å². The van der Waals surface area contributed by atoms with Crippen molar-refractivity contribution in [3.05, 3.63) is 62.0 Å². The average Bonchev–Trinajstić information content (AvgIpc) is 2.89. The smallest absolute Gasteiger partial charge is 0.309 e. The molecule has 0 aliphatic heterocycles. The van der Waals surface area contributed by atoms with Crippen LogP contribution in [0.4, 0.5) is 13.2 Å². The number of alkyl halides is 3. The van der Waals surface area contributed by atoms with Crippen LogP contribution >= 0.6 is 11.3 Å². The summed E-state index contributed by atoms with van der Waals surface area (Å²) in [7, 11) is 0. The Morgan fingerprint density at radius 3 is 2.82 bits per heavy atom. The van der Waals surface area contributed by atoms with E-state index in [2.05, 4.69) is 20.5 Å². The fourth-order valence-corrected chi connectivity index (χ4v) is 3.60. The van der Waals surface area contributed by atoms with E-state index in [4.69, 9.17) is 0 Å². The van der Waals surface area contributed by atoms with Gasteiger partial charge in [0, 0.05) is 4.88 Å². The zero-order valence-corrected chi connectivity index (χ0v) is 15.7. The number of fused-ring (bicyclic) bond motifs is 1. The molecule has 3 rings (SSSR count). The largest absolute Gasteiger partial charge is 0.416 e. The van der Waals surface area contributed by atoms with Crippen molar-refractivity contribution in [2.75, 3.05) is 0 Å². The van der Waals surface area contributed by atoms with E-state index in [1.807, 2.05) is 13.8 Å². The first-order valence-corrected chi connectivity index (χ1v) is 8.95. The molecule has 10 heteroatoms. The number of carbonyl (C=O) groups excluding carboxylic acids is 1. The zero-order chi connectivity index (χ0) is 20.5. The van der Waals surface area contributed by atoms with Crippen LogP contribution in [0.3, 0.4) is 0 Å². The molecule has 146 valence electrons. The van der Waals surface area contributed by atoms with Gasteiger partial charge in [0.15, 0.2) is 0 Å². The first-order chi connectivity index (χ1) is 13.1. The Morgan fingerprint density at radius 1 is 1.36 bits per heavy atom. The Morgan fingerprint density at radius 2 is 2.11 bits per heavy atom. The Bertz CT molecular complexity index is 1130. The summed E-state index contributed by atoms with van der Waals surface area (Å²) in [6.07, 6.45) is -3.57. The third-order valence-electron chi connectivity index (χ3n) is 4.03. The molecule has 0 saturated carbocycles. The zero-order valence-electron chi connectivity index (χ0n) is 14.8. The van der Waals surface area contributed by atoms with Crippen LogP contribution in [0.2, 0.25) is 0 Å². The van der Waals surface area contributed by atoms with E-state index < -0.39 is 17.6 Å². The predicted octanol–water partition coefficient (Wildman–Crippen LogP) is 3.31. The summed E-state index contributed by atoms with van der Waals surface area (Å²) in [5.74, 6) is -0.374. The van der Waals surface area contributed by atoms with Crippen molar-refractivity contribution in [2.45, 2.75) is 26.4 Å². The first-order valence-electron chi connectivity index (χ1n) is 8.13. The summed E-state index contributed by atoms with van der Waals surface area (Å²) in [5, 5.41) is 4.16. The van der Waals surface area contributed by atoms with Crippen molar-refractivity contribution < 1.29 is 18.0 Å². The van der Waals surface area contributed by atoms with Gasteiger partial charge in [-0.15, -0.1) is 11.3 Å². The molecule has 2 heterocycles. The Hall–Kier alpha value is -3.01. The molecular formula is C18H15F3N4O2S. The number of halogens is 3. The van der Waals surface area contributed by atoms with Crippen LogP contribution in [0, 0.1) is 13.8 Å². The second kappa shape index (κ2) is 7.55. The first kappa shape index (κ1) is 19.7. The van der Waals surface area contributed by atoms with Gasteiger partial charge >= 0.3 is 6.18 Å². The Labute approximate surface area is 161 Å². The minimum absolute atomic E-state index is 0.186. The van der Waals surface area contributed by atoms with Crippen LogP contribution in [0.1, 0.15) is 27.4 Å². The molecule has 6 nitrogen and oxygen atoms in total. The van der Waals surface area contributed by atoms with Gasteiger partial charge in [-0.3, -0.25) is 9.59 Å². The van der Waals surface area contributed by atoms with Gasteiger partial charge in [-0.05, 0) is 37.1 Å². The van der Waals surface area contributed by atoms with Crippen molar-refractivity contribution in [1.82, 2.24) is 15.4 Å². The van der Waals surface area contributed by atoms with Crippen LogP contribution < -0.4 is 11.0 Å². The van der Waals surface area contributed by atoms with Crippen molar-refractivity contribution >= 4 is 33.7 Å². The molecule has 2 N–H and O–H groups in total. The topological polar surface area (TPSA) is 87.2 Å². The predicted molar refractivity (Wildman–Crippen MR) is 101 cm³/mol. The summed E-state index contributed by atoms with van der Waals surface area (Å²) in [6.45, 7) is 3.72. The minimum atomic E-state index is -4.46. The van der Waals surface area contributed by atoms with E-state index >= 15 is 0 Å². The molecule has 0 unspecified atom stereocenters. The molecule has 2 aromatic heterocycles. The van der Waals surface area contributed by atoms with Crippen LogP contribution in [0.15, 0.2) is 34.2 Å². The van der Waals surface area contributed by atoms with E-state index in [9.17, 15) is 22.8 Å². The number of nitrogens with zero attached hydrogens (tertiary/aromatic N) is 2. The van der Waals surface area contributed by atoms with E-state index in [0.717, 1.165) is 28.8 Å². The Balaban J connectivity index is 1.69. The summed E-state index contributed by atoms with van der Waals surface area (Å²) >= 11 is 1.37. The van der Waals surface area contributed by atoms with Gasteiger partial charge in [0.05, 0.1) is 23.6 Å². The maximum atomic E-state index is 12.7. The number of aromatic nitrogens is 2. The van der Waals surface area contributed by atoms with Gasteiger partial charge in [0.1, 0.15) is 10.7 Å². The number of hydrazone groups is 1. The highest BCUT2D eigenvalue weighted by Crippen LogP contribution is 2.29. The number of aryl methyl sites for hydroxylation is 2. The lowest BCUT2D eigenvalue weighted by Gasteiger charge is -2.06. The SMILES string of the molecule is Cc1sc2nc(CC(=O)N/N=C\c3cccc(C(F)(F)F)c3)[nH]c(=O)c2c1C. The summed E-state index contributed by atoms with van der Waals surface area (Å²) < 4.78 is 38.0. The molecule has 0 aliphatic carbocycles. The van der Waals surface area contributed by atoms with Gasteiger partial charge in [-0.25, -0.2) is 10.4 Å². The molecule has 0 bridgehead atoms. The fraction of sp³-hybridized carbons (Fsp3) is 0.222. The number of benzene rings is 1. The Kier molecular flexibility index (Phi) is 5.32. The monoisotopic (exact) mass is 408 g/mol. The van der Waals surface area contributed by atoms with Gasteiger partial charge in [0.25, 0.3) is 5.56 Å². The average molecular weight is 408 g/mol. The molecule has 1 aromatic carbocycles. The molecular weight excluding hydrogens is 393 g/mol. The van der Waals surface area contributed by atoms with E-state index in [0.29, 0.717) is 10.2 Å². The molecule has 0 fully saturated rings. The lowest BCUT2D eigenvalue weighted by Crippen LogP contribution is -2.23. The highest BCUT2D eigenvalue weighted by molar-refractivity contribution is 7.18. The number of hydrogen-bond acceptors (Lipinski definition) is 5. The third kappa shape index (κ3) is 4.28. The van der Waals surface area contributed by atoms with Crippen molar-refractivity contribution in [3.63, 3.8) is 0 Å². The van der Waals surface area contributed by atoms with E-state index in [-0.39, 0.29) is 23.4 Å². The normalized spacial score (nSPS) is 12.0. The molecule has 28 heavy (non-hydrogen) atoms. The van der Waals surface area contributed by atoms with Gasteiger partial charge < -0.3 is 4.98 Å². The summed E-state index contributed by atoms with van der Waals surface area (Å²) in [6, 6.07) is 4.55. The molecule has 0 aliphatic rings. The van der Waals surface area contributed by atoms with E-state index in [1.54, 1.807) is 0 Å². The molecule has 0 spiro atoms. The van der Waals surface area contributed by atoms with Gasteiger partial charge in [0.2, 0.25) is 5.91 Å². The van der Waals surface area contributed by atoms with E-state index in [1.165, 1.54) is 23.5 Å². The van der Waals surface area contributed by atoms with Gasteiger partial charge in [-0.1, -0.05) is 12.1 Å². The highest BCUT2D eigenvalue weighted by Gasteiger charge is 2.30. The fourth-order valence-electron chi connectivity index (χ4n) is 2.55. The number of rotatable bonds is 4. The molecule has 0 radical (unpaired) electrons. The molecule has 0 atom stereocenters. The van der Waals surface area contributed by atoms with Crippen LogP contribution in [-0.4, -0.2) is 22.1 Å². The minimum Gasteiger partial charge on any atom is -0.309 e. The number of aromatic amines is 1. The van der Waals surface area contributed by atoms with Crippen molar-refractivity contribution in [1.29, 1.82) is 0 Å². The lowest BCUT2D eigenvalue weighted by molar-refractivity contribution is -0.137. The standard InChI is InChI=1S/C18H15F3N4O2S/c1-9-10(2)28-17-15(9)16(27)23-13(24-17)7-14(26)25-22-8-11-4-3-5-12(6-11)18(19,20)21/h3-6,8H,7H2,1-2H3,(H,25,26)(H,23,24,27)/b22-8-. The van der Waals surface area contributed by atoms with Crippen molar-refractivity contribution in [3.8, 4) is 0 Å². The lowest BCUT2D eigenvalue weighted by atomic mass is 10.1. The maximum Gasteiger partial charge on any atom is 0.416 e. The second-order valence-corrected chi connectivity index (χ2v) is 7.27. The summed E-state index contributed by atoms with van der Waals surface area (Å²) in [5.41, 5.74) is 2.13. The van der Waals surface area contributed by atoms with Crippen LogP contribution in [0.25, 0.3) is 10.2 Å². The number of nitrogens with one attached hydrogen (secondary N) is 2. The molecule has 0 saturated heterocycles. The van der Waals surface area contributed by atoms with Crippen LogP contribution in [0.5, 0.6) is 0 Å². The molecule has 1 amide bonds. The number of H-pyrrole nitrogens is 1. The maximum absolute atomic E-state index is 12.7. The third-order valence-corrected chi connectivity index (χ3v) is 5.13. The number of carbonyl (C=O) groups is 1. The van der Waals surface area contributed by atoms with Crippen LogP contribution in [-0.2, 0) is 17.4 Å². The summed E-state index contributed by atoms with van der Waals surface area (Å²) in [4.78, 5) is 32.6. The number of amides is 1. The number of hydrogen-bond donors (Lipinski definition) is 2. The highest BCUT2D eigenvalue weighted by atomic mass is 32.1. The molecule has 3 aromatic rings. The van der Waals surface area contributed by atoms with Gasteiger partial charge in [-0.2, -0.15) is 18.3 Å². The number of thiophene rings is 1. The second-order valence-electron chi connectivity index (χ2n) is 6.07. The quantitative estimate of drug-likeness (QED) is 0.513.